The number of carbonyl (C=O) groups excluding carboxylic acids is 1. The van der Waals surface area contributed by atoms with Crippen LogP contribution in [0.4, 0.5) is 0 Å². The van der Waals surface area contributed by atoms with Crippen LogP contribution in [0.2, 0.25) is 18.1 Å². The van der Waals surface area contributed by atoms with Crippen molar-refractivity contribution in [2.75, 3.05) is 0 Å². The van der Waals surface area contributed by atoms with Gasteiger partial charge in [-0.15, -0.1) is 0 Å². The number of ether oxygens (including phenoxy) is 2. The monoisotopic (exact) mass is 368 g/mol. The Labute approximate surface area is 152 Å². The van der Waals surface area contributed by atoms with Gasteiger partial charge in [0.2, 0.25) is 0 Å². The molecule has 25 heavy (non-hydrogen) atoms. The fourth-order valence-electron chi connectivity index (χ4n) is 3.36. The molecule has 6 heteroatoms. The van der Waals surface area contributed by atoms with E-state index in [1.54, 1.807) is 19.9 Å². The molecule has 0 aromatic heterocycles. The first-order valence-corrected chi connectivity index (χ1v) is 11.8. The standard InChI is InChI=1S/C19H32O5Si/c1-7-25(8-2,9-3)24-16-14(10-11-19(5,6)21)12-15(22-13(4)20)17-18(16)23-17/h10-12,15-18,21H,7-9H2,1-6H3/b11-10+/t15-,16?,17+,18-/m1/s1. The summed E-state index contributed by atoms with van der Waals surface area (Å²) in [5.74, 6) is -0.319. The Morgan fingerprint density at radius 3 is 2.36 bits per heavy atom. The molecule has 142 valence electrons. The first kappa shape index (κ1) is 20.4. The summed E-state index contributed by atoms with van der Waals surface area (Å²) < 4.78 is 17.9. The summed E-state index contributed by atoms with van der Waals surface area (Å²) >= 11 is 0. The van der Waals surface area contributed by atoms with Crippen molar-refractivity contribution in [2.24, 2.45) is 0 Å². The summed E-state index contributed by atoms with van der Waals surface area (Å²) in [6.07, 6.45) is 4.82. The molecule has 0 radical (unpaired) electrons. The van der Waals surface area contributed by atoms with Gasteiger partial charge in [0.05, 0.1) is 11.7 Å². The van der Waals surface area contributed by atoms with Crippen molar-refractivity contribution in [2.45, 2.75) is 89.7 Å². The molecule has 1 saturated heterocycles. The Kier molecular flexibility index (Phi) is 6.30. The minimum absolute atomic E-state index is 0.0765. The van der Waals surface area contributed by atoms with Gasteiger partial charge in [-0.3, -0.25) is 4.79 Å². The minimum atomic E-state index is -1.82. The molecule has 1 heterocycles. The molecule has 0 aromatic carbocycles. The lowest BCUT2D eigenvalue weighted by Gasteiger charge is -2.35. The summed E-state index contributed by atoms with van der Waals surface area (Å²) in [6, 6.07) is 3.18. The van der Waals surface area contributed by atoms with Crippen LogP contribution in [-0.2, 0) is 18.7 Å². The zero-order valence-corrected chi connectivity index (χ0v) is 17.2. The van der Waals surface area contributed by atoms with Gasteiger partial charge >= 0.3 is 5.97 Å². The van der Waals surface area contributed by atoms with E-state index in [9.17, 15) is 9.90 Å². The first-order chi connectivity index (χ1) is 11.6. The lowest BCUT2D eigenvalue weighted by molar-refractivity contribution is -0.145. The fraction of sp³-hybridized carbons (Fsp3) is 0.737. The number of esters is 1. The molecule has 4 atom stereocenters. The van der Waals surface area contributed by atoms with E-state index in [2.05, 4.69) is 20.8 Å². The van der Waals surface area contributed by atoms with Crippen LogP contribution in [0.3, 0.4) is 0 Å². The van der Waals surface area contributed by atoms with Crippen molar-refractivity contribution in [1.29, 1.82) is 0 Å². The van der Waals surface area contributed by atoms with E-state index in [0.717, 1.165) is 23.7 Å². The van der Waals surface area contributed by atoms with Crippen molar-refractivity contribution >= 4 is 14.3 Å². The second-order valence-electron chi connectivity index (χ2n) is 7.58. The average molecular weight is 369 g/mol. The summed E-state index contributed by atoms with van der Waals surface area (Å²) in [5, 5.41) is 10.0. The summed E-state index contributed by atoms with van der Waals surface area (Å²) in [5.41, 5.74) is 0.0117. The van der Waals surface area contributed by atoms with E-state index in [1.807, 2.05) is 12.2 Å². The Hall–Kier alpha value is -0.953. The third-order valence-electron chi connectivity index (χ3n) is 5.16. The third kappa shape index (κ3) is 5.03. The van der Waals surface area contributed by atoms with E-state index in [-0.39, 0.29) is 30.4 Å². The highest BCUT2D eigenvalue weighted by molar-refractivity contribution is 6.73. The smallest absolute Gasteiger partial charge is 0.303 e. The number of fused-ring (bicyclic) bond motifs is 1. The quantitative estimate of drug-likeness (QED) is 0.404. The van der Waals surface area contributed by atoms with Crippen molar-refractivity contribution < 1.29 is 23.8 Å². The van der Waals surface area contributed by atoms with Crippen LogP contribution in [0.25, 0.3) is 0 Å². The predicted octanol–water partition coefficient (Wildman–Crippen LogP) is 3.34. The van der Waals surface area contributed by atoms with Crippen LogP contribution in [-0.4, -0.2) is 49.4 Å². The van der Waals surface area contributed by atoms with Gasteiger partial charge in [0, 0.05) is 6.92 Å². The number of hydrogen-bond acceptors (Lipinski definition) is 5. The van der Waals surface area contributed by atoms with Crippen LogP contribution in [0, 0.1) is 0 Å². The van der Waals surface area contributed by atoms with E-state index in [0.29, 0.717) is 0 Å². The number of rotatable bonds is 8. The van der Waals surface area contributed by atoms with Crippen LogP contribution >= 0.6 is 0 Å². The Bertz CT molecular complexity index is 536. The van der Waals surface area contributed by atoms with Crippen molar-refractivity contribution in [3.05, 3.63) is 23.8 Å². The first-order valence-electron chi connectivity index (χ1n) is 9.28. The lowest BCUT2D eigenvalue weighted by Crippen LogP contribution is -2.45. The topological polar surface area (TPSA) is 68.3 Å². The Balaban J connectivity index is 2.30. The maximum atomic E-state index is 11.4. The molecular formula is C19H32O5Si. The molecular weight excluding hydrogens is 336 g/mol. The molecule has 0 spiro atoms. The average Bonchev–Trinajstić information content (AvgIpc) is 3.32. The molecule has 1 aliphatic carbocycles. The second kappa shape index (κ2) is 7.74. The maximum Gasteiger partial charge on any atom is 0.303 e. The summed E-state index contributed by atoms with van der Waals surface area (Å²) in [6.45, 7) is 11.5. The van der Waals surface area contributed by atoms with E-state index in [4.69, 9.17) is 13.9 Å². The van der Waals surface area contributed by atoms with Gasteiger partial charge in [-0.1, -0.05) is 32.9 Å². The Morgan fingerprint density at radius 1 is 1.28 bits per heavy atom. The van der Waals surface area contributed by atoms with Crippen molar-refractivity contribution in [1.82, 2.24) is 0 Å². The zero-order chi connectivity index (χ0) is 18.8. The minimum Gasteiger partial charge on any atom is -0.455 e. The second-order valence-corrected chi connectivity index (χ2v) is 12.3. The molecule has 0 amide bonds. The SMILES string of the molecule is CC[Si](CC)(CC)OC1C(/C=C/C(C)(C)O)=C[C@@H](OC(C)=O)[C@@H]2O[C@H]12. The van der Waals surface area contributed by atoms with Gasteiger partial charge in [-0.05, 0) is 43.6 Å². The van der Waals surface area contributed by atoms with Crippen LogP contribution in [0.5, 0.6) is 0 Å². The zero-order valence-electron chi connectivity index (χ0n) is 16.2. The van der Waals surface area contributed by atoms with Crippen LogP contribution in [0.15, 0.2) is 23.8 Å². The number of epoxide rings is 1. The van der Waals surface area contributed by atoms with E-state index >= 15 is 0 Å². The van der Waals surface area contributed by atoms with Crippen LogP contribution < -0.4 is 0 Å². The summed E-state index contributed by atoms with van der Waals surface area (Å²) in [7, 11) is -1.82. The van der Waals surface area contributed by atoms with Gasteiger partial charge < -0.3 is 19.0 Å². The molecule has 1 unspecified atom stereocenters. The molecule has 0 bridgehead atoms. The third-order valence-corrected chi connectivity index (χ3v) is 9.78. The molecule has 2 rings (SSSR count). The highest BCUT2D eigenvalue weighted by Gasteiger charge is 2.56. The summed E-state index contributed by atoms with van der Waals surface area (Å²) in [4.78, 5) is 11.4. The van der Waals surface area contributed by atoms with Gasteiger partial charge in [-0.25, -0.2) is 0 Å². The largest absolute Gasteiger partial charge is 0.455 e. The highest BCUT2D eigenvalue weighted by Crippen LogP contribution is 2.42. The lowest BCUT2D eigenvalue weighted by atomic mass is 9.93. The normalized spacial score (nSPS) is 29.3. The van der Waals surface area contributed by atoms with Gasteiger partial charge in [-0.2, -0.15) is 0 Å². The Morgan fingerprint density at radius 2 is 1.88 bits per heavy atom. The number of hydrogen-bond donors (Lipinski definition) is 1. The van der Waals surface area contributed by atoms with E-state index in [1.165, 1.54) is 6.92 Å². The molecule has 0 saturated carbocycles. The van der Waals surface area contributed by atoms with Crippen LogP contribution in [0.1, 0.15) is 41.5 Å². The predicted molar refractivity (Wildman–Crippen MR) is 99.8 cm³/mol. The number of aliphatic hydroxyl groups is 1. The molecule has 0 aromatic rings. The molecule has 1 fully saturated rings. The molecule has 1 N–H and O–H groups in total. The molecule has 2 aliphatic rings. The van der Waals surface area contributed by atoms with Gasteiger partial charge in [0.25, 0.3) is 0 Å². The van der Waals surface area contributed by atoms with Gasteiger partial charge in [0.15, 0.2) is 8.32 Å². The number of carbonyl (C=O) groups is 1. The van der Waals surface area contributed by atoms with Gasteiger partial charge in [0.1, 0.15) is 18.3 Å². The van der Waals surface area contributed by atoms with Crippen molar-refractivity contribution in [3.8, 4) is 0 Å². The van der Waals surface area contributed by atoms with E-state index < -0.39 is 13.9 Å². The molecule has 1 aliphatic heterocycles. The fourth-order valence-corrected chi connectivity index (χ4v) is 6.17. The van der Waals surface area contributed by atoms with Crippen molar-refractivity contribution in [3.63, 3.8) is 0 Å². The maximum absolute atomic E-state index is 11.4. The molecule has 5 nitrogen and oxygen atoms in total. The highest BCUT2D eigenvalue weighted by atomic mass is 28.4.